The Labute approximate surface area is 92.1 Å². The summed E-state index contributed by atoms with van der Waals surface area (Å²) in [6.45, 7) is 0. The molecule has 0 unspecified atom stereocenters. The van der Waals surface area contributed by atoms with Gasteiger partial charge in [-0.3, -0.25) is 5.41 Å². The van der Waals surface area contributed by atoms with Crippen molar-refractivity contribution in [3.05, 3.63) is 57.8 Å². The number of nitrogens with zero attached hydrogens (tertiary/aromatic N) is 1. The van der Waals surface area contributed by atoms with Crippen LogP contribution in [-0.4, -0.2) is 4.98 Å². The molecular weight excluding hydrogens is 204 g/mol. The molecule has 2 rings (SSSR count). The number of rotatable bonds is 2. The molecule has 3 heteroatoms. The Kier molecular flexibility index (Phi) is 3.05. The summed E-state index contributed by atoms with van der Waals surface area (Å²) in [4.78, 5) is 5.31. The Hall–Kier alpha value is -1.74. The summed E-state index contributed by atoms with van der Waals surface area (Å²) in [6, 6.07) is 11.3. The maximum atomic E-state index is 7.47. The quantitative estimate of drug-likeness (QED) is 0.820. The van der Waals surface area contributed by atoms with Gasteiger partial charge in [0.1, 0.15) is 5.49 Å². The first-order valence-corrected chi connectivity index (χ1v) is 5.46. The van der Waals surface area contributed by atoms with Gasteiger partial charge >= 0.3 is 0 Å². The van der Waals surface area contributed by atoms with Crippen LogP contribution < -0.4 is 5.49 Å². The van der Waals surface area contributed by atoms with Crippen LogP contribution in [0.25, 0.3) is 12.2 Å². The lowest BCUT2D eigenvalue weighted by Gasteiger charge is -1.85. The second kappa shape index (κ2) is 4.66. The van der Waals surface area contributed by atoms with E-state index in [0.717, 1.165) is 5.69 Å². The predicted octanol–water partition coefficient (Wildman–Crippen LogP) is 2.79. The highest BCUT2D eigenvalue weighted by molar-refractivity contribution is 7.10. The van der Waals surface area contributed by atoms with Crippen molar-refractivity contribution >= 4 is 23.5 Å². The van der Waals surface area contributed by atoms with Crippen molar-refractivity contribution in [2.75, 3.05) is 0 Å². The van der Waals surface area contributed by atoms with E-state index in [-0.39, 0.29) is 5.49 Å². The van der Waals surface area contributed by atoms with Crippen LogP contribution >= 0.6 is 11.3 Å². The number of hydrogen-bond donors (Lipinski definition) is 1. The molecule has 0 fully saturated rings. The molecule has 0 aromatic carbocycles. The minimum absolute atomic E-state index is 0.283. The summed E-state index contributed by atoms with van der Waals surface area (Å²) in [5, 5.41) is 9.50. The molecule has 1 N–H and O–H groups in total. The van der Waals surface area contributed by atoms with Crippen LogP contribution in [0, 0.1) is 5.41 Å². The molecule has 0 aliphatic carbocycles. The van der Waals surface area contributed by atoms with Gasteiger partial charge in [0.05, 0.1) is 5.69 Å². The molecule has 2 aromatic rings. The third kappa shape index (κ3) is 2.86. The summed E-state index contributed by atoms with van der Waals surface area (Å²) >= 11 is 1.68. The third-order valence-electron chi connectivity index (χ3n) is 1.84. The molecule has 0 radical (unpaired) electrons. The lowest BCUT2D eigenvalue weighted by molar-refractivity contribution is 1.11. The van der Waals surface area contributed by atoms with Gasteiger partial charge in [0.2, 0.25) is 0 Å². The zero-order valence-electron chi connectivity index (χ0n) is 8.05. The van der Waals surface area contributed by atoms with Crippen molar-refractivity contribution in [1.29, 1.82) is 5.41 Å². The third-order valence-corrected chi connectivity index (χ3v) is 2.68. The molecule has 0 bridgehead atoms. The maximum absolute atomic E-state index is 7.47. The standard InChI is InChI=1S/C12H10N2S/c13-12-6-2-1-4-10(14-12)7-8-11-5-3-9-15-11/h1-9,13H. The topological polar surface area (TPSA) is 36.7 Å². The van der Waals surface area contributed by atoms with E-state index in [1.165, 1.54) is 4.88 Å². The molecule has 0 aliphatic heterocycles. The molecule has 2 aromatic heterocycles. The summed E-state index contributed by atoms with van der Waals surface area (Å²) in [7, 11) is 0. The van der Waals surface area contributed by atoms with Gasteiger partial charge in [-0.2, -0.15) is 0 Å². The average molecular weight is 214 g/mol. The number of aromatic nitrogens is 1. The van der Waals surface area contributed by atoms with Gasteiger partial charge in [-0.15, -0.1) is 11.3 Å². The highest BCUT2D eigenvalue weighted by Crippen LogP contribution is 2.11. The second-order valence-corrected chi connectivity index (χ2v) is 3.97. The van der Waals surface area contributed by atoms with Gasteiger partial charge < -0.3 is 0 Å². The Morgan fingerprint density at radius 1 is 1.07 bits per heavy atom. The van der Waals surface area contributed by atoms with Crippen LogP contribution in [0.2, 0.25) is 0 Å². The second-order valence-electron chi connectivity index (χ2n) is 2.99. The van der Waals surface area contributed by atoms with E-state index < -0.39 is 0 Å². The lowest BCUT2D eigenvalue weighted by Crippen LogP contribution is -1.99. The van der Waals surface area contributed by atoms with E-state index in [9.17, 15) is 0 Å². The molecule has 2 heterocycles. The normalized spacial score (nSPS) is 10.7. The lowest BCUT2D eigenvalue weighted by atomic mass is 10.3. The van der Waals surface area contributed by atoms with Gasteiger partial charge in [-0.1, -0.05) is 18.2 Å². The largest absolute Gasteiger partial charge is 0.283 e. The van der Waals surface area contributed by atoms with E-state index in [1.807, 2.05) is 47.9 Å². The van der Waals surface area contributed by atoms with Crippen molar-refractivity contribution in [3.63, 3.8) is 0 Å². The molecule has 15 heavy (non-hydrogen) atoms. The van der Waals surface area contributed by atoms with Crippen LogP contribution in [0.4, 0.5) is 0 Å². The highest BCUT2D eigenvalue weighted by atomic mass is 32.1. The van der Waals surface area contributed by atoms with Gasteiger partial charge in [0.25, 0.3) is 0 Å². The summed E-state index contributed by atoms with van der Waals surface area (Å²) < 4.78 is 0. The molecule has 0 saturated heterocycles. The van der Waals surface area contributed by atoms with Gasteiger partial charge in [-0.05, 0) is 35.7 Å². The smallest absolute Gasteiger partial charge is 0.145 e. The van der Waals surface area contributed by atoms with Crippen molar-refractivity contribution in [3.8, 4) is 0 Å². The first kappa shape index (κ1) is 9.80. The molecule has 0 atom stereocenters. The minimum Gasteiger partial charge on any atom is -0.283 e. The predicted molar refractivity (Wildman–Crippen MR) is 63.3 cm³/mol. The molecule has 0 amide bonds. The van der Waals surface area contributed by atoms with Crippen LogP contribution in [0.15, 0.2) is 41.8 Å². The molecule has 2 nitrogen and oxygen atoms in total. The van der Waals surface area contributed by atoms with Crippen molar-refractivity contribution in [2.24, 2.45) is 0 Å². The first-order valence-electron chi connectivity index (χ1n) is 4.58. The van der Waals surface area contributed by atoms with Crippen molar-refractivity contribution in [1.82, 2.24) is 4.98 Å². The van der Waals surface area contributed by atoms with E-state index >= 15 is 0 Å². The van der Waals surface area contributed by atoms with E-state index in [0.29, 0.717) is 0 Å². The van der Waals surface area contributed by atoms with Gasteiger partial charge in [0, 0.05) is 4.88 Å². The number of thiophene rings is 1. The number of hydrogen-bond acceptors (Lipinski definition) is 3. The zero-order valence-corrected chi connectivity index (χ0v) is 8.87. The van der Waals surface area contributed by atoms with Crippen LogP contribution in [-0.2, 0) is 0 Å². The van der Waals surface area contributed by atoms with E-state index in [2.05, 4.69) is 4.98 Å². The monoisotopic (exact) mass is 214 g/mol. The zero-order chi connectivity index (χ0) is 10.5. The van der Waals surface area contributed by atoms with Gasteiger partial charge in [-0.25, -0.2) is 4.98 Å². The molecule has 0 saturated carbocycles. The fourth-order valence-electron chi connectivity index (χ4n) is 1.16. The Morgan fingerprint density at radius 3 is 2.73 bits per heavy atom. The van der Waals surface area contributed by atoms with Crippen LogP contribution in [0.3, 0.4) is 0 Å². The Morgan fingerprint density at radius 2 is 1.93 bits per heavy atom. The Bertz CT molecular complexity index is 515. The molecular formula is C12H10N2S. The summed E-state index contributed by atoms with van der Waals surface area (Å²) in [5.41, 5.74) is 1.09. The van der Waals surface area contributed by atoms with E-state index in [4.69, 9.17) is 5.41 Å². The number of nitrogens with one attached hydrogen (secondary N) is 1. The van der Waals surface area contributed by atoms with Gasteiger partial charge in [0.15, 0.2) is 0 Å². The molecule has 0 spiro atoms. The fourth-order valence-corrected chi connectivity index (χ4v) is 1.78. The molecule has 0 aliphatic rings. The SMILES string of the molecule is N=c1ccccc(C=Cc2cccs2)n1. The fraction of sp³-hybridized carbons (Fsp3) is 0. The summed E-state index contributed by atoms with van der Waals surface area (Å²) in [6.07, 6.45) is 3.93. The van der Waals surface area contributed by atoms with E-state index in [1.54, 1.807) is 17.4 Å². The molecule has 74 valence electrons. The average Bonchev–Trinajstić information content (AvgIpc) is 2.65. The minimum atomic E-state index is 0.283. The van der Waals surface area contributed by atoms with Crippen molar-refractivity contribution < 1.29 is 0 Å². The maximum Gasteiger partial charge on any atom is 0.145 e. The Balaban J connectivity index is 2.29. The van der Waals surface area contributed by atoms with Crippen LogP contribution in [0.5, 0.6) is 0 Å². The first-order chi connectivity index (χ1) is 7.34. The highest BCUT2D eigenvalue weighted by Gasteiger charge is 1.88. The summed E-state index contributed by atoms with van der Waals surface area (Å²) in [5.74, 6) is 0. The van der Waals surface area contributed by atoms with Crippen molar-refractivity contribution in [2.45, 2.75) is 0 Å². The van der Waals surface area contributed by atoms with Crippen LogP contribution in [0.1, 0.15) is 10.6 Å².